The Morgan fingerprint density at radius 2 is 1.89 bits per heavy atom. The maximum Gasteiger partial charge on any atom is 0.257 e. The number of carbonyl (C=O) groups excluding carboxylic acids is 1. The van der Waals surface area contributed by atoms with E-state index in [1.54, 1.807) is 35.5 Å². The molecule has 0 saturated heterocycles. The summed E-state index contributed by atoms with van der Waals surface area (Å²) in [5, 5.41) is 4.06. The molecule has 144 valence electrons. The quantitative estimate of drug-likeness (QED) is 0.677. The summed E-state index contributed by atoms with van der Waals surface area (Å²) in [5.74, 6) is 0.854. The molecule has 0 bridgehead atoms. The van der Waals surface area contributed by atoms with Crippen LogP contribution < -0.4 is 0 Å². The van der Waals surface area contributed by atoms with Gasteiger partial charge in [0.1, 0.15) is 23.1 Å². The van der Waals surface area contributed by atoms with Crippen LogP contribution in [0, 0.1) is 5.82 Å². The molecule has 0 spiro atoms. The number of aromatic nitrogens is 3. The number of hydrogen-bond donors (Lipinski definition) is 0. The maximum atomic E-state index is 14.2. The first-order valence-electron chi connectivity index (χ1n) is 9.18. The molecule has 1 aromatic carbocycles. The van der Waals surface area contributed by atoms with Crippen LogP contribution in [0.25, 0.3) is 11.3 Å². The van der Waals surface area contributed by atoms with Gasteiger partial charge in [-0.25, -0.2) is 14.4 Å². The van der Waals surface area contributed by atoms with Crippen molar-refractivity contribution in [3.63, 3.8) is 0 Å². The Morgan fingerprint density at radius 3 is 2.57 bits per heavy atom. The molecule has 6 nitrogen and oxygen atoms in total. The standard InChI is InChI=1S/C21H21FN4O2/c1-21(2,3)20-23-10-13(11-24-20)19(27)26-9-8-17-15(12-26)18(25-28-17)14-6-4-5-7-16(14)22/h4-7,10-11H,8-9,12H2,1-3H3. The molecule has 0 aliphatic carbocycles. The van der Waals surface area contributed by atoms with Crippen LogP contribution in [0.4, 0.5) is 4.39 Å². The van der Waals surface area contributed by atoms with Gasteiger partial charge in [0.05, 0.1) is 12.1 Å². The van der Waals surface area contributed by atoms with E-state index in [1.807, 2.05) is 20.8 Å². The van der Waals surface area contributed by atoms with Crippen molar-refractivity contribution in [2.24, 2.45) is 0 Å². The summed E-state index contributed by atoms with van der Waals surface area (Å²) < 4.78 is 19.6. The Kier molecular flexibility index (Phi) is 4.45. The van der Waals surface area contributed by atoms with Gasteiger partial charge < -0.3 is 9.42 Å². The zero-order valence-corrected chi connectivity index (χ0v) is 16.1. The van der Waals surface area contributed by atoms with E-state index < -0.39 is 0 Å². The van der Waals surface area contributed by atoms with E-state index in [1.165, 1.54) is 6.07 Å². The van der Waals surface area contributed by atoms with Crippen molar-refractivity contribution in [2.75, 3.05) is 6.54 Å². The fourth-order valence-electron chi connectivity index (χ4n) is 3.26. The van der Waals surface area contributed by atoms with E-state index in [9.17, 15) is 9.18 Å². The summed E-state index contributed by atoms with van der Waals surface area (Å²) in [6.07, 6.45) is 3.66. The smallest absolute Gasteiger partial charge is 0.257 e. The molecule has 3 aromatic rings. The topological polar surface area (TPSA) is 72.1 Å². The highest BCUT2D eigenvalue weighted by Gasteiger charge is 2.29. The molecule has 2 aromatic heterocycles. The lowest BCUT2D eigenvalue weighted by Crippen LogP contribution is -2.36. The fourth-order valence-corrected chi connectivity index (χ4v) is 3.26. The average Bonchev–Trinajstić information content (AvgIpc) is 3.10. The first-order chi connectivity index (χ1) is 13.3. The molecule has 0 unspecified atom stereocenters. The lowest BCUT2D eigenvalue weighted by molar-refractivity contribution is 0.0728. The predicted octanol–water partition coefficient (Wildman–Crippen LogP) is 3.77. The molecule has 0 N–H and O–H groups in total. The van der Waals surface area contributed by atoms with Gasteiger partial charge >= 0.3 is 0 Å². The van der Waals surface area contributed by atoms with Crippen LogP contribution in [0.2, 0.25) is 0 Å². The van der Waals surface area contributed by atoms with Crippen LogP contribution in [0.15, 0.2) is 41.2 Å². The van der Waals surface area contributed by atoms with E-state index in [4.69, 9.17) is 4.52 Å². The summed E-state index contributed by atoms with van der Waals surface area (Å²) >= 11 is 0. The number of rotatable bonds is 2. The van der Waals surface area contributed by atoms with E-state index >= 15 is 0 Å². The molecule has 28 heavy (non-hydrogen) atoms. The number of carbonyl (C=O) groups is 1. The molecule has 3 heterocycles. The van der Waals surface area contributed by atoms with Crippen molar-refractivity contribution >= 4 is 5.91 Å². The minimum atomic E-state index is -0.367. The highest BCUT2D eigenvalue weighted by molar-refractivity contribution is 5.93. The Hall–Kier alpha value is -3.09. The second-order valence-corrected chi connectivity index (χ2v) is 7.93. The number of nitrogens with zero attached hydrogens (tertiary/aromatic N) is 4. The molecule has 1 aliphatic rings. The second kappa shape index (κ2) is 6.82. The van der Waals surface area contributed by atoms with Gasteiger partial charge in [-0.05, 0) is 12.1 Å². The zero-order chi connectivity index (χ0) is 19.9. The summed E-state index contributed by atoms with van der Waals surface area (Å²) in [4.78, 5) is 23.3. The van der Waals surface area contributed by atoms with Gasteiger partial charge in [0, 0.05) is 41.9 Å². The van der Waals surface area contributed by atoms with E-state index in [2.05, 4.69) is 15.1 Å². The third kappa shape index (κ3) is 3.28. The van der Waals surface area contributed by atoms with Gasteiger partial charge in [-0.2, -0.15) is 0 Å². The Labute approximate surface area is 162 Å². The third-order valence-corrected chi connectivity index (χ3v) is 4.81. The number of hydrogen-bond acceptors (Lipinski definition) is 5. The number of fused-ring (bicyclic) bond motifs is 1. The fraction of sp³-hybridized carbons (Fsp3) is 0.333. The third-order valence-electron chi connectivity index (χ3n) is 4.81. The molecule has 0 radical (unpaired) electrons. The number of amides is 1. The average molecular weight is 380 g/mol. The first kappa shape index (κ1) is 18.3. The number of halogens is 1. The van der Waals surface area contributed by atoms with Gasteiger partial charge in [0.15, 0.2) is 0 Å². The van der Waals surface area contributed by atoms with Crippen LogP contribution >= 0.6 is 0 Å². The van der Waals surface area contributed by atoms with Crippen molar-refractivity contribution in [2.45, 2.75) is 39.2 Å². The lowest BCUT2D eigenvalue weighted by Gasteiger charge is -2.26. The van der Waals surface area contributed by atoms with Gasteiger partial charge in [-0.3, -0.25) is 4.79 Å². The highest BCUT2D eigenvalue weighted by Crippen LogP contribution is 2.31. The molecule has 7 heteroatoms. The first-order valence-corrected chi connectivity index (χ1v) is 9.18. The molecule has 0 fully saturated rings. The van der Waals surface area contributed by atoms with Crippen LogP contribution in [-0.2, 0) is 18.4 Å². The normalized spacial score (nSPS) is 14.1. The van der Waals surface area contributed by atoms with E-state index in [0.29, 0.717) is 47.9 Å². The SMILES string of the molecule is CC(C)(C)c1ncc(C(=O)N2CCc3onc(-c4ccccc4F)c3C2)cn1. The summed E-state index contributed by atoms with van der Waals surface area (Å²) in [5.41, 5.74) is 1.82. The zero-order valence-electron chi connectivity index (χ0n) is 16.1. The Bertz CT molecular complexity index is 1020. The Morgan fingerprint density at radius 1 is 1.18 bits per heavy atom. The van der Waals surface area contributed by atoms with Crippen LogP contribution in [0.1, 0.15) is 48.3 Å². The van der Waals surface area contributed by atoms with Gasteiger partial charge in [-0.15, -0.1) is 0 Å². The molecular weight excluding hydrogens is 359 g/mol. The summed E-state index contributed by atoms with van der Waals surface area (Å²) in [7, 11) is 0. The molecule has 1 amide bonds. The van der Waals surface area contributed by atoms with Crippen molar-refractivity contribution in [3.05, 3.63) is 65.2 Å². The maximum absolute atomic E-state index is 14.2. The summed E-state index contributed by atoms with van der Waals surface area (Å²) in [6, 6.07) is 6.42. The van der Waals surface area contributed by atoms with E-state index in [0.717, 1.165) is 5.56 Å². The minimum Gasteiger partial charge on any atom is -0.360 e. The van der Waals surface area contributed by atoms with Crippen LogP contribution in [0.3, 0.4) is 0 Å². The predicted molar refractivity (Wildman–Crippen MR) is 101 cm³/mol. The van der Waals surface area contributed by atoms with Crippen molar-refractivity contribution < 1.29 is 13.7 Å². The second-order valence-electron chi connectivity index (χ2n) is 7.93. The minimum absolute atomic E-state index is 0.160. The molecule has 4 rings (SSSR count). The number of benzene rings is 1. The van der Waals surface area contributed by atoms with Crippen LogP contribution in [-0.4, -0.2) is 32.5 Å². The highest BCUT2D eigenvalue weighted by atomic mass is 19.1. The molecule has 0 atom stereocenters. The van der Waals surface area contributed by atoms with E-state index in [-0.39, 0.29) is 17.1 Å². The van der Waals surface area contributed by atoms with Crippen molar-refractivity contribution in [1.82, 2.24) is 20.0 Å². The summed E-state index contributed by atoms with van der Waals surface area (Å²) in [6.45, 7) is 6.87. The lowest BCUT2D eigenvalue weighted by atomic mass is 9.96. The monoisotopic (exact) mass is 380 g/mol. The molecule has 0 saturated carbocycles. The largest absolute Gasteiger partial charge is 0.360 e. The molecular formula is C21H21FN4O2. The van der Waals surface area contributed by atoms with Gasteiger partial charge in [-0.1, -0.05) is 38.1 Å². The Balaban J connectivity index is 1.60. The van der Waals surface area contributed by atoms with Gasteiger partial charge in [0.2, 0.25) is 0 Å². The van der Waals surface area contributed by atoms with Crippen molar-refractivity contribution in [1.29, 1.82) is 0 Å². The van der Waals surface area contributed by atoms with Gasteiger partial charge in [0.25, 0.3) is 5.91 Å². The van der Waals surface area contributed by atoms with Crippen molar-refractivity contribution in [3.8, 4) is 11.3 Å². The molecule has 1 aliphatic heterocycles. The van der Waals surface area contributed by atoms with Crippen LogP contribution in [0.5, 0.6) is 0 Å².